The Morgan fingerprint density at radius 2 is 0.553 bits per heavy atom. The number of carbonyl (C=O) groups is 6. The fourth-order valence-electron chi connectivity index (χ4n) is 1.96. The Balaban J connectivity index is -0.000000140. The van der Waals surface area contributed by atoms with Crippen molar-refractivity contribution in [3.63, 3.8) is 0 Å². The summed E-state index contributed by atoms with van der Waals surface area (Å²) in [5, 5.41) is 86.7. The van der Waals surface area contributed by atoms with E-state index in [1.807, 2.05) is 0 Å². The Bertz CT molecular complexity index is 595. The van der Waals surface area contributed by atoms with Crippen LogP contribution in [-0.2, 0) is 62.9 Å². The van der Waals surface area contributed by atoms with Crippen LogP contribution in [0.1, 0.15) is 20.8 Å². The molecule has 0 aliphatic heterocycles. The largest absolute Gasteiger partial charge is 3.00 e. The molecule has 0 aromatic heterocycles. The summed E-state index contributed by atoms with van der Waals surface area (Å²) >= 11 is 0. The van der Waals surface area contributed by atoms with E-state index in [9.17, 15) is 59.4 Å². The average Bonchev–Trinajstić information content (AvgIpc) is 2.65. The maximum absolute atomic E-state index is 10.0. The van der Waals surface area contributed by atoms with Gasteiger partial charge in [0.25, 0.3) is 0 Å². The summed E-state index contributed by atoms with van der Waals surface area (Å²) in [4.78, 5) is 62.5. The predicted molar refractivity (Wildman–Crippen MR) is 99.8 cm³/mol. The van der Waals surface area contributed by atoms with E-state index in [0.717, 1.165) is 14.7 Å². The molecule has 0 saturated heterocycles. The summed E-state index contributed by atoms with van der Waals surface area (Å²) in [5.74, 6) is -8.68. The first-order valence-corrected chi connectivity index (χ1v) is 9.75. The van der Waals surface area contributed by atoms with Crippen LogP contribution in [-0.4, -0.2) is 124 Å². The number of aliphatic hydroxyl groups is 3. The van der Waals surface area contributed by atoms with E-state index in [0.29, 0.717) is 0 Å². The van der Waals surface area contributed by atoms with E-state index in [2.05, 4.69) is 0 Å². The fourth-order valence-corrected chi connectivity index (χ4v) is 1.96. The van der Waals surface area contributed by atoms with Crippen LogP contribution >= 0.6 is 0 Å². The Kier molecular flexibility index (Phi) is 29.9. The predicted octanol–water partition coefficient (Wildman–Crippen LogP) is -11.6. The van der Waals surface area contributed by atoms with Gasteiger partial charge in [0.15, 0.2) is 0 Å². The number of nitrogens with zero attached hydrogens (tertiary/aromatic N) is 3. The first kappa shape index (κ1) is 45.5. The molecule has 38 heavy (non-hydrogen) atoms. The third-order valence-corrected chi connectivity index (χ3v) is 3.58. The van der Waals surface area contributed by atoms with Gasteiger partial charge in [-0.05, 0) is 20.8 Å². The smallest absolute Gasteiger partial charge is 0.549 e. The quantitative estimate of drug-likeness (QED) is 0.111. The zero-order chi connectivity index (χ0) is 29.2. The van der Waals surface area contributed by atoms with Crippen LogP contribution in [0.15, 0.2) is 0 Å². The fraction of sp³-hybridized carbons (Fsp3) is 0.667. The molecule has 20 heteroatoms. The monoisotopic (exact) mass is 637 g/mol. The van der Waals surface area contributed by atoms with Crippen LogP contribution in [0.5, 0.6) is 0 Å². The minimum absolute atomic E-state index is 0. The van der Waals surface area contributed by atoms with Gasteiger partial charge in [0.1, 0.15) is 18.7 Å². The molecule has 0 heterocycles. The molecule has 0 fully saturated rings. The Hall–Kier alpha value is -2.38. The molecule has 0 rings (SSSR count). The van der Waals surface area contributed by atoms with Crippen molar-refractivity contribution in [1.29, 1.82) is 0 Å². The van der Waals surface area contributed by atoms with E-state index in [1.165, 1.54) is 20.8 Å². The normalized spacial score (nSPS) is 12.2. The molecule has 0 saturated carbocycles. The standard InChI is InChI=1S/3C6H11NO5.2Fe/c3*1-4(8)7(2-5(9)10)3-6(11)12;;/h3*4,8H,2-3H2,1H3,(H,9,10)(H,11,12);;/q;;;2*+3/p-6. The van der Waals surface area contributed by atoms with Crippen molar-refractivity contribution in [2.75, 3.05) is 39.3 Å². The minimum Gasteiger partial charge on any atom is -0.549 e. The molecule has 0 aromatic carbocycles. The van der Waals surface area contributed by atoms with Crippen LogP contribution in [0.2, 0.25) is 0 Å². The summed E-state index contributed by atoms with van der Waals surface area (Å²) in [6, 6.07) is 0. The molecule has 0 bridgehead atoms. The van der Waals surface area contributed by atoms with Crippen molar-refractivity contribution in [3.8, 4) is 0 Å². The topological polar surface area (TPSA) is 311 Å². The summed E-state index contributed by atoms with van der Waals surface area (Å²) < 4.78 is 0. The molecule has 18 nitrogen and oxygen atoms in total. The summed E-state index contributed by atoms with van der Waals surface area (Å²) in [7, 11) is 0. The molecular formula is C18H27Fe2N3O15. The Morgan fingerprint density at radius 3 is 0.605 bits per heavy atom. The number of carbonyl (C=O) groups excluding carboxylic acids is 6. The first-order valence-electron chi connectivity index (χ1n) is 9.75. The molecule has 0 amide bonds. The SMILES string of the molecule is CC(O)N(CC(=O)[O-])CC(=O)[O-].CC(O)N(CC(=O)[O-])CC(=O)[O-].CC(O)N(CC(=O)[O-])CC(=O)[O-].[Fe+3].[Fe+3]. The van der Waals surface area contributed by atoms with Gasteiger partial charge in [-0.15, -0.1) is 0 Å². The van der Waals surface area contributed by atoms with Crippen molar-refractivity contribution in [1.82, 2.24) is 14.7 Å². The van der Waals surface area contributed by atoms with E-state index in [-0.39, 0.29) is 34.1 Å². The van der Waals surface area contributed by atoms with E-state index < -0.39 is 93.8 Å². The average molecular weight is 637 g/mol. The van der Waals surface area contributed by atoms with Gasteiger partial charge >= 0.3 is 34.1 Å². The number of aliphatic carboxylic acids is 6. The molecular weight excluding hydrogens is 610 g/mol. The number of hydrogen-bond acceptors (Lipinski definition) is 18. The second-order valence-electron chi connectivity index (χ2n) is 6.84. The van der Waals surface area contributed by atoms with Gasteiger partial charge in [-0.1, -0.05) is 0 Å². The molecule has 3 N–H and O–H groups in total. The minimum atomic E-state index is -1.45. The zero-order valence-electron chi connectivity index (χ0n) is 20.3. The van der Waals surface area contributed by atoms with E-state index >= 15 is 0 Å². The molecule has 0 aliphatic carbocycles. The second-order valence-corrected chi connectivity index (χ2v) is 6.84. The molecule has 220 valence electrons. The zero-order valence-corrected chi connectivity index (χ0v) is 22.5. The van der Waals surface area contributed by atoms with Gasteiger partial charge in [0, 0.05) is 39.3 Å². The Morgan fingerprint density at radius 1 is 0.447 bits per heavy atom. The van der Waals surface area contributed by atoms with Crippen LogP contribution in [0, 0.1) is 0 Å². The number of hydrogen-bond donors (Lipinski definition) is 3. The van der Waals surface area contributed by atoms with Crippen molar-refractivity contribution < 1.29 is 109 Å². The number of carboxylic acid groups (broad SMARTS) is 6. The van der Waals surface area contributed by atoms with Gasteiger partial charge < -0.3 is 74.7 Å². The third-order valence-electron chi connectivity index (χ3n) is 3.58. The van der Waals surface area contributed by atoms with E-state index in [4.69, 9.17) is 15.3 Å². The van der Waals surface area contributed by atoms with Gasteiger partial charge in [-0.25, -0.2) is 0 Å². The van der Waals surface area contributed by atoms with Crippen molar-refractivity contribution >= 4 is 35.8 Å². The Labute approximate surface area is 238 Å². The van der Waals surface area contributed by atoms with Crippen molar-refractivity contribution in [2.45, 2.75) is 39.5 Å². The molecule has 3 atom stereocenters. The molecule has 0 spiro atoms. The maximum Gasteiger partial charge on any atom is 3.00 e. The summed E-state index contributed by atoms with van der Waals surface area (Å²) in [6.45, 7) is -0.0322. The third kappa shape index (κ3) is 31.6. The van der Waals surface area contributed by atoms with Gasteiger partial charge in [0.2, 0.25) is 0 Å². The van der Waals surface area contributed by atoms with Crippen LogP contribution in [0.4, 0.5) is 0 Å². The van der Waals surface area contributed by atoms with Gasteiger partial charge in [0.05, 0.1) is 35.8 Å². The number of aliphatic hydroxyl groups excluding tert-OH is 3. The summed E-state index contributed by atoms with van der Waals surface area (Å²) in [6.07, 6.45) is -3.46. The summed E-state index contributed by atoms with van der Waals surface area (Å²) in [5.41, 5.74) is 0. The van der Waals surface area contributed by atoms with Crippen LogP contribution in [0.3, 0.4) is 0 Å². The van der Waals surface area contributed by atoms with Crippen LogP contribution in [0.25, 0.3) is 0 Å². The maximum atomic E-state index is 10.0. The van der Waals surface area contributed by atoms with Gasteiger partial charge in [-0.2, -0.15) is 0 Å². The van der Waals surface area contributed by atoms with Crippen molar-refractivity contribution in [2.24, 2.45) is 0 Å². The molecule has 0 aromatic rings. The van der Waals surface area contributed by atoms with E-state index in [1.54, 1.807) is 0 Å². The molecule has 2 radical (unpaired) electrons. The van der Waals surface area contributed by atoms with Crippen LogP contribution < -0.4 is 30.6 Å². The first-order chi connectivity index (χ1) is 16.3. The molecule has 3 unspecified atom stereocenters. The van der Waals surface area contributed by atoms with Crippen molar-refractivity contribution in [3.05, 3.63) is 0 Å². The molecule has 0 aliphatic rings. The number of carboxylic acids is 6. The van der Waals surface area contributed by atoms with Gasteiger partial charge in [-0.3, -0.25) is 14.7 Å². The number of rotatable bonds is 15. The second kappa shape index (κ2) is 24.9.